The van der Waals surface area contributed by atoms with Gasteiger partial charge in [-0.25, -0.2) is 4.39 Å². The molecular formula is C12H17BrFNO. The van der Waals surface area contributed by atoms with Crippen molar-refractivity contribution < 1.29 is 9.50 Å². The van der Waals surface area contributed by atoms with Crippen LogP contribution in [0, 0.1) is 5.82 Å². The summed E-state index contributed by atoms with van der Waals surface area (Å²) >= 11 is 3.38. The van der Waals surface area contributed by atoms with Gasteiger partial charge in [0.25, 0.3) is 0 Å². The van der Waals surface area contributed by atoms with Crippen LogP contribution in [-0.2, 0) is 6.54 Å². The van der Waals surface area contributed by atoms with E-state index in [2.05, 4.69) is 21.2 Å². The topological polar surface area (TPSA) is 32.3 Å². The van der Waals surface area contributed by atoms with Gasteiger partial charge in [0, 0.05) is 11.0 Å². The number of aliphatic hydroxyl groups is 1. The van der Waals surface area contributed by atoms with E-state index in [9.17, 15) is 4.39 Å². The van der Waals surface area contributed by atoms with Crippen molar-refractivity contribution in [3.8, 4) is 0 Å². The molecule has 0 heterocycles. The first kappa shape index (κ1) is 13.6. The van der Waals surface area contributed by atoms with Crippen molar-refractivity contribution in [2.75, 3.05) is 6.54 Å². The first-order valence-electron chi connectivity index (χ1n) is 5.42. The molecule has 2 nitrogen and oxygen atoms in total. The van der Waals surface area contributed by atoms with E-state index in [1.807, 2.05) is 0 Å². The van der Waals surface area contributed by atoms with Crippen LogP contribution in [0.3, 0.4) is 0 Å². The fraction of sp³-hybridized carbons (Fsp3) is 0.500. The van der Waals surface area contributed by atoms with Gasteiger partial charge in [0.1, 0.15) is 5.82 Å². The smallest absolute Gasteiger partial charge is 0.123 e. The minimum Gasteiger partial charge on any atom is -0.393 e. The molecule has 0 aromatic heterocycles. The van der Waals surface area contributed by atoms with E-state index in [1.165, 1.54) is 12.1 Å². The molecule has 4 heteroatoms. The summed E-state index contributed by atoms with van der Waals surface area (Å²) in [7, 11) is 0. The average Bonchev–Trinajstić information content (AvgIpc) is 2.22. The van der Waals surface area contributed by atoms with Crippen LogP contribution >= 0.6 is 15.9 Å². The molecule has 0 saturated heterocycles. The summed E-state index contributed by atoms with van der Waals surface area (Å²) in [5.74, 6) is -0.219. The fourth-order valence-corrected chi connectivity index (χ4v) is 1.81. The Labute approximate surface area is 104 Å². The Morgan fingerprint density at radius 2 is 2.25 bits per heavy atom. The van der Waals surface area contributed by atoms with Crippen LogP contribution in [0.2, 0.25) is 0 Å². The van der Waals surface area contributed by atoms with Crippen LogP contribution in [0.4, 0.5) is 4.39 Å². The van der Waals surface area contributed by atoms with Crippen LogP contribution in [0.1, 0.15) is 25.3 Å². The maximum absolute atomic E-state index is 12.9. The van der Waals surface area contributed by atoms with E-state index in [-0.39, 0.29) is 11.9 Å². The van der Waals surface area contributed by atoms with Crippen molar-refractivity contribution in [1.29, 1.82) is 0 Å². The maximum atomic E-state index is 12.9. The molecule has 0 amide bonds. The highest BCUT2D eigenvalue weighted by molar-refractivity contribution is 9.10. The second-order valence-electron chi connectivity index (χ2n) is 3.90. The van der Waals surface area contributed by atoms with Crippen LogP contribution < -0.4 is 5.32 Å². The van der Waals surface area contributed by atoms with Gasteiger partial charge >= 0.3 is 0 Å². The Morgan fingerprint density at radius 3 is 2.94 bits per heavy atom. The molecule has 1 unspecified atom stereocenters. The Kier molecular flexibility index (Phi) is 5.95. The number of benzene rings is 1. The molecule has 90 valence electrons. The summed E-state index contributed by atoms with van der Waals surface area (Å²) in [6.07, 6.45) is 1.46. The second-order valence-corrected chi connectivity index (χ2v) is 4.76. The van der Waals surface area contributed by atoms with Gasteiger partial charge in [-0.05, 0) is 50.1 Å². The fourth-order valence-electron chi connectivity index (χ4n) is 1.42. The molecule has 0 radical (unpaired) electrons. The molecule has 0 aliphatic rings. The van der Waals surface area contributed by atoms with Gasteiger partial charge in [0.15, 0.2) is 0 Å². The van der Waals surface area contributed by atoms with E-state index in [0.717, 1.165) is 29.4 Å². The third kappa shape index (κ3) is 5.05. The third-order valence-corrected chi connectivity index (χ3v) is 3.07. The van der Waals surface area contributed by atoms with Crippen LogP contribution in [0.5, 0.6) is 0 Å². The molecule has 1 rings (SSSR count). The SMILES string of the molecule is CC(O)CCCNCc1cc(F)ccc1Br. The predicted molar refractivity (Wildman–Crippen MR) is 66.7 cm³/mol. The van der Waals surface area contributed by atoms with Gasteiger partial charge in [-0.15, -0.1) is 0 Å². The summed E-state index contributed by atoms with van der Waals surface area (Å²) in [5.41, 5.74) is 0.914. The zero-order valence-electron chi connectivity index (χ0n) is 9.34. The maximum Gasteiger partial charge on any atom is 0.123 e. The van der Waals surface area contributed by atoms with E-state index < -0.39 is 0 Å². The highest BCUT2D eigenvalue weighted by Gasteiger charge is 2.01. The van der Waals surface area contributed by atoms with Gasteiger partial charge < -0.3 is 10.4 Å². The van der Waals surface area contributed by atoms with Crippen LogP contribution in [-0.4, -0.2) is 17.8 Å². The minimum atomic E-state index is -0.247. The highest BCUT2D eigenvalue weighted by atomic mass is 79.9. The molecule has 0 saturated carbocycles. The predicted octanol–water partition coefficient (Wildman–Crippen LogP) is 2.84. The van der Waals surface area contributed by atoms with E-state index in [1.54, 1.807) is 13.0 Å². The third-order valence-electron chi connectivity index (χ3n) is 2.30. The Balaban J connectivity index is 2.29. The molecule has 0 fully saturated rings. The van der Waals surface area contributed by atoms with Crippen molar-refractivity contribution in [3.05, 3.63) is 34.1 Å². The molecule has 16 heavy (non-hydrogen) atoms. The normalized spacial score (nSPS) is 12.8. The number of halogens is 2. The van der Waals surface area contributed by atoms with Crippen molar-refractivity contribution >= 4 is 15.9 Å². The first-order valence-corrected chi connectivity index (χ1v) is 6.21. The molecule has 2 N–H and O–H groups in total. The minimum absolute atomic E-state index is 0.219. The summed E-state index contributed by atoms with van der Waals surface area (Å²) in [5, 5.41) is 12.3. The van der Waals surface area contributed by atoms with Crippen LogP contribution in [0.25, 0.3) is 0 Å². The number of hydrogen-bond donors (Lipinski definition) is 2. The van der Waals surface area contributed by atoms with E-state index in [4.69, 9.17) is 5.11 Å². The standard InChI is InChI=1S/C12H17BrFNO/c1-9(16)3-2-6-15-8-10-7-11(14)4-5-12(10)13/h4-5,7,9,15-16H,2-3,6,8H2,1H3. The monoisotopic (exact) mass is 289 g/mol. The lowest BCUT2D eigenvalue weighted by Crippen LogP contribution is -2.16. The highest BCUT2D eigenvalue weighted by Crippen LogP contribution is 2.17. The van der Waals surface area contributed by atoms with E-state index in [0.29, 0.717) is 6.54 Å². The van der Waals surface area contributed by atoms with Gasteiger partial charge in [-0.2, -0.15) is 0 Å². The molecular weight excluding hydrogens is 273 g/mol. The first-order chi connectivity index (χ1) is 7.59. The zero-order valence-corrected chi connectivity index (χ0v) is 10.9. The Hall–Kier alpha value is -0.450. The van der Waals surface area contributed by atoms with Crippen molar-refractivity contribution in [1.82, 2.24) is 5.32 Å². The van der Waals surface area contributed by atoms with Crippen molar-refractivity contribution in [3.63, 3.8) is 0 Å². The lowest BCUT2D eigenvalue weighted by Gasteiger charge is -2.08. The quantitative estimate of drug-likeness (QED) is 0.790. The van der Waals surface area contributed by atoms with Crippen molar-refractivity contribution in [2.45, 2.75) is 32.4 Å². The molecule has 0 spiro atoms. The summed E-state index contributed by atoms with van der Waals surface area (Å²) in [6, 6.07) is 4.66. The second kappa shape index (κ2) is 6.99. The van der Waals surface area contributed by atoms with Gasteiger partial charge in [0.05, 0.1) is 6.10 Å². The molecule has 0 bridgehead atoms. The lowest BCUT2D eigenvalue weighted by molar-refractivity contribution is 0.181. The summed E-state index contributed by atoms with van der Waals surface area (Å²) in [6.45, 7) is 3.25. The molecule has 1 aromatic rings. The Morgan fingerprint density at radius 1 is 1.50 bits per heavy atom. The molecule has 1 aromatic carbocycles. The van der Waals surface area contributed by atoms with Gasteiger partial charge in [-0.1, -0.05) is 15.9 Å². The van der Waals surface area contributed by atoms with Crippen molar-refractivity contribution in [2.24, 2.45) is 0 Å². The number of hydrogen-bond acceptors (Lipinski definition) is 2. The number of nitrogens with one attached hydrogen (secondary N) is 1. The largest absolute Gasteiger partial charge is 0.393 e. The van der Waals surface area contributed by atoms with Gasteiger partial charge in [-0.3, -0.25) is 0 Å². The number of aliphatic hydroxyl groups excluding tert-OH is 1. The lowest BCUT2D eigenvalue weighted by atomic mass is 10.2. The number of rotatable bonds is 6. The van der Waals surface area contributed by atoms with Crippen LogP contribution in [0.15, 0.2) is 22.7 Å². The zero-order chi connectivity index (χ0) is 12.0. The molecule has 0 aliphatic carbocycles. The summed E-state index contributed by atoms with van der Waals surface area (Å²) < 4.78 is 13.9. The summed E-state index contributed by atoms with van der Waals surface area (Å²) in [4.78, 5) is 0. The molecule has 1 atom stereocenters. The Bertz CT molecular complexity index is 331. The molecule has 0 aliphatic heterocycles. The van der Waals surface area contributed by atoms with E-state index >= 15 is 0 Å². The average molecular weight is 290 g/mol. The van der Waals surface area contributed by atoms with Gasteiger partial charge in [0.2, 0.25) is 0 Å².